The van der Waals surface area contributed by atoms with Crippen molar-refractivity contribution in [2.45, 2.75) is 71.8 Å². The molecule has 0 amide bonds. The van der Waals surface area contributed by atoms with Gasteiger partial charge in [0, 0.05) is 17.3 Å². The SMILES string of the molecule is C=C1[C@@H]2CC[C@H]3[C@]4(C)CCC(=O)C(C)(C)[C@H]4CC[C@]3(C2)[C@@H]1O. The van der Waals surface area contributed by atoms with Crippen LogP contribution in [0.3, 0.4) is 0 Å². The molecule has 4 aliphatic carbocycles. The molecule has 6 atom stereocenters. The molecule has 0 heterocycles. The molecular weight excluding hydrogens is 272 g/mol. The standard InChI is InChI=1S/C20H30O2/c1-12-13-5-6-15-19(4)9-8-16(21)18(2,3)14(19)7-10-20(15,11-13)17(12)22/h13-15,17,22H,1,5-11H2,2-4H3/t13-,14-,15+,17-,19-,20-/m1/s1. The van der Waals surface area contributed by atoms with Gasteiger partial charge in [0.15, 0.2) is 0 Å². The van der Waals surface area contributed by atoms with Crippen LogP contribution in [-0.2, 0) is 4.79 Å². The average molecular weight is 302 g/mol. The molecule has 0 aliphatic heterocycles. The van der Waals surface area contributed by atoms with Gasteiger partial charge in [0.05, 0.1) is 6.10 Å². The van der Waals surface area contributed by atoms with Crippen molar-refractivity contribution < 1.29 is 9.90 Å². The Morgan fingerprint density at radius 2 is 1.82 bits per heavy atom. The van der Waals surface area contributed by atoms with Crippen molar-refractivity contribution in [3.63, 3.8) is 0 Å². The van der Waals surface area contributed by atoms with Crippen LogP contribution in [0.4, 0.5) is 0 Å². The van der Waals surface area contributed by atoms with Crippen LogP contribution < -0.4 is 0 Å². The second-order valence-corrected chi connectivity index (χ2v) is 9.48. The van der Waals surface area contributed by atoms with Crippen LogP contribution in [0.15, 0.2) is 12.2 Å². The Bertz CT molecular complexity index is 548. The van der Waals surface area contributed by atoms with Crippen LogP contribution in [0.5, 0.6) is 0 Å². The van der Waals surface area contributed by atoms with Gasteiger partial charge in [0.25, 0.3) is 0 Å². The van der Waals surface area contributed by atoms with Gasteiger partial charge in [-0.3, -0.25) is 4.79 Å². The molecule has 0 unspecified atom stereocenters. The first-order valence-corrected chi connectivity index (χ1v) is 9.13. The third-order valence-corrected chi connectivity index (χ3v) is 8.52. The molecule has 2 bridgehead atoms. The highest BCUT2D eigenvalue weighted by Gasteiger charge is 2.67. The second kappa shape index (κ2) is 4.26. The van der Waals surface area contributed by atoms with Gasteiger partial charge in [0.2, 0.25) is 0 Å². The molecule has 122 valence electrons. The number of Topliss-reactive ketones (excluding diaryl/α,β-unsaturated/α-hetero) is 1. The number of carbonyl (C=O) groups is 1. The smallest absolute Gasteiger partial charge is 0.138 e. The van der Waals surface area contributed by atoms with Crippen molar-refractivity contribution in [1.82, 2.24) is 0 Å². The van der Waals surface area contributed by atoms with Crippen LogP contribution in [0.2, 0.25) is 0 Å². The summed E-state index contributed by atoms with van der Waals surface area (Å²) in [6.07, 6.45) is 7.20. The Kier molecular flexibility index (Phi) is 2.89. The zero-order valence-corrected chi connectivity index (χ0v) is 14.3. The van der Waals surface area contributed by atoms with E-state index in [1.165, 1.54) is 12.8 Å². The molecular formula is C20H30O2. The number of rotatable bonds is 0. The van der Waals surface area contributed by atoms with Crippen molar-refractivity contribution in [3.8, 4) is 0 Å². The van der Waals surface area contributed by atoms with Crippen molar-refractivity contribution >= 4 is 5.78 Å². The Labute approximate surface area is 134 Å². The van der Waals surface area contributed by atoms with Gasteiger partial charge < -0.3 is 5.11 Å². The predicted octanol–water partition coefficient (Wildman–Crippen LogP) is 4.13. The van der Waals surface area contributed by atoms with E-state index in [2.05, 4.69) is 27.4 Å². The van der Waals surface area contributed by atoms with Gasteiger partial charge in [-0.15, -0.1) is 0 Å². The minimum absolute atomic E-state index is 0.0711. The van der Waals surface area contributed by atoms with Gasteiger partial charge in [-0.2, -0.15) is 0 Å². The normalized spacial score (nSPS) is 53.1. The molecule has 0 saturated heterocycles. The maximum absolute atomic E-state index is 12.5. The Morgan fingerprint density at radius 1 is 1.09 bits per heavy atom. The summed E-state index contributed by atoms with van der Waals surface area (Å²) in [5.41, 5.74) is 1.20. The van der Waals surface area contributed by atoms with Crippen molar-refractivity contribution in [1.29, 1.82) is 0 Å². The fourth-order valence-electron chi connectivity index (χ4n) is 7.39. The van der Waals surface area contributed by atoms with Gasteiger partial charge in [-0.1, -0.05) is 27.4 Å². The van der Waals surface area contributed by atoms with E-state index >= 15 is 0 Å². The summed E-state index contributed by atoms with van der Waals surface area (Å²) in [4.78, 5) is 12.5. The number of carbonyl (C=O) groups excluding carboxylic acids is 1. The number of fused-ring (bicyclic) bond motifs is 3. The molecule has 0 radical (unpaired) electrons. The van der Waals surface area contributed by atoms with Crippen molar-refractivity contribution in [2.24, 2.45) is 34.0 Å². The number of aliphatic hydroxyl groups excluding tert-OH is 1. The first kappa shape index (κ1) is 14.9. The fourth-order valence-corrected chi connectivity index (χ4v) is 7.39. The summed E-state index contributed by atoms with van der Waals surface area (Å²) >= 11 is 0. The molecule has 22 heavy (non-hydrogen) atoms. The molecule has 0 aromatic rings. The van der Waals surface area contributed by atoms with Crippen LogP contribution in [-0.4, -0.2) is 17.0 Å². The van der Waals surface area contributed by atoms with E-state index < -0.39 is 0 Å². The quantitative estimate of drug-likeness (QED) is 0.683. The molecule has 4 saturated carbocycles. The molecule has 2 heteroatoms. The zero-order valence-electron chi connectivity index (χ0n) is 14.3. The Morgan fingerprint density at radius 3 is 2.55 bits per heavy atom. The molecule has 4 aliphatic rings. The molecule has 0 aromatic carbocycles. The maximum Gasteiger partial charge on any atom is 0.138 e. The monoisotopic (exact) mass is 302 g/mol. The Hall–Kier alpha value is -0.630. The minimum Gasteiger partial charge on any atom is -0.388 e. The highest BCUT2D eigenvalue weighted by atomic mass is 16.3. The molecule has 2 nitrogen and oxygen atoms in total. The zero-order chi connectivity index (χ0) is 15.9. The lowest BCUT2D eigenvalue weighted by Crippen LogP contribution is -2.60. The summed E-state index contributed by atoms with van der Waals surface area (Å²) in [5, 5.41) is 11.0. The fraction of sp³-hybridized carbons (Fsp3) is 0.850. The van der Waals surface area contributed by atoms with Crippen LogP contribution >= 0.6 is 0 Å². The van der Waals surface area contributed by atoms with E-state index in [1.807, 2.05) is 0 Å². The van der Waals surface area contributed by atoms with Crippen LogP contribution in [0.25, 0.3) is 0 Å². The molecule has 1 spiro atoms. The summed E-state index contributed by atoms with van der Waals surface area (Å²) in [7, 11) is 0. The summed E-state index contributed by atoms with van der Waals surface area (Å²) in [6.45, 7) is 11.0. The number of ketones is 1. The van der Waals surface area contributed by atoms with Gasteiger partial charge in [0.1, 0.15) is 5.78 Å². The average Bonchev–Trinajstić information content (AvgIpc) is 2.65. The molecule has 4 fully saturated rings. The molecule has 4 rings (SSSR count). The highest BCUT2D eigenvalue weighted by molar-refractivity contribution is 5.85. The third-order valence-electron chi connectivity index (χ3n) is 8.52. The summed E-state index contributed by atoms with van der Waals surface area (Å²) < 4.78 is 0. The van der Waals surface area contributed by atoms with Crippen molar-refractivity contribution in [2.75, 3.05) is 0 Å². The van der Waals surface area contributed by atoms with Crippen LogP contribution in [0, 0.1) is 34.0 Å². The Balaban J connectivity index is 1.78. The lowest BCUT2D eigenvalue weighted by atomic mass is 9.41. The second-order valence-electron chi connectivity index (χ2n) is 9.48. The number of hydrogen-bond donors (Lipinski definition) is 1. The van der Waals surface area contributed by atoms with Crippen LogP contribution in [0.1, 0.15) is 65.7 Å². The maximum atomic E-state index is 12.5. The van der Waals surface area contributed by atoms with Gasteiger partial charge in [-0.05, 0) is 67.3 Å². The van der Waals surface area contributed by atoms with E-state index in [1.54, 1.807) is 0 Å². The first-order chi connectivity index (χ1) is 10.2. The molecule has 1 N–H and O–H groups in total. The number of aliphatic hydroxyl groups is 1. The van der Waals surface area contributed by atoms with E-state index in [-0.39, 0.29) is 22.3 Å². The van der Waals surface area contributed by atoms with E-state index in [4.69, 9.17) is 0 Å². The lowest BCUT2D eigenvalue weighted by molar-refractivity contribution is -0.176. The van der Waals surface area contributed by atoms with Crippen molar-refractivity contribution in [3.05, 3.63) is 12.2 Å². The summed E-state index contributed by atoms with van der Waals surface area (Å²) in [6, 6.07) is 0. The van der Waals surface area contributed by atoms with Gasteiger partial charge >= 0.3 is 0 Å². The summed E-state index contributed by atoms with van der Waals surface area (Å²) in [5.74, 6) is 2.05. The van der Waals surface area contributed by atoms with E-state index in [0.29, 0.717) is 23.5 Å². The minimum atomic E-state index is -0.302. The predicted molar refractivity (Wildman–Crippen MR) is 87.3 cm³/mol. The highest BCUT2D eigenvalue weighted by Crippen LogP contribution is 2.71. The van der Waals surface area contributed by atoms with Gasteiger partial charge in [-0.25, -0.2) is 0 Å². The van der Waals surface area contributed by atoms with E-state index in [0.717, 1.165) is 37.7 Å². The van der Waals surface area contributed by atoms with E-state index in [9.17, 15) is 9.90 Å². The number of hydrogen-bond acceptors (Lipinski definition) is 2. The topological polar surface area (TPSA) is 37.3 Å². The third kappa shape index (κ3) is 1.53. The largest absolute Gasteiger partial charge is 0.388 e. The lowest BCUT2D eigenvalue weighted by Gasteiger charge is -2.63. The first-order valence-electron chi connectivity index (χ1n) is 9.13. The molecule has 0 aromatic heterocycles.